The average Bonchev–Trinajstić information content (AvgIpc) is 2.97. The number of pyridine rings is 1. The number of nitrogens with zero attached hydrogens (tertiary/aromatic N) is 2. The van der Waals surface area contributed by atoms with Gasteiger partial charge in [0.25, 0.3) is 5.91 Å². The van der Waals surface area contributed by atoms with Crippen LogP contribution >= 0.6 is 11.3 Å². The number of carbonyl (C=O) groups excluding carboxylic acids is 3. The zero-order chi connectivity index (χ0) is 18.0. The van der Waals surface area contributed by atoms with Gasteiger partial charge < -0.3 is 14.8 Å². The molecule has 25 heavy (non-hydrogen) atoms. The highest BCUT2D eigenvalue weighted by atomic mass is 32.1. The van der Waals surface area contributed by atoms with Crippen molar-refractivity contribution in [2.75, 3.05) is 30.5 Å². The molecule has 3 rings (SSSR count). The number of amides is 2. The van der Waals surface area contributed by atoms with Crippen molar-refractivity contribution < 1.29 is 23.9 Å². The molecule has 0 atom stereocenters. The number of methoxy groups -OCH3 is 1. The molecule has 0 aromatic carbocycles. The number of aryl methyl sites for hydroxylation is 1. The maximum Gasteiger partial charge on any atom is 0.340 e. The SMILES string of the molecule is COC(=O)c1cc(C)sc1NC(=O)CN1C(=O)COc2cccnc21. The Balaban J connectivity index is 1.78. The highest BCUT2D eigenvalue weighted by molar-refractivity contribution is 7.16. The standard InChI is InChI=1S/C16H15N3O5S/c1-9-6-10(16(22)23-2)15(25-9)18-12(20)7-19-13(21)8-24-11-4-3-5-17-14(11)19/h3-6H,7-8H2,1-2H3,(H,18,20). The summed E-state index contributed by atoms with van der Waals surface area (Å²) < 4.78 is 10.0. The van der Waals surface area contributed by atoms with Gasteiger partial charge in [-0.3, -0.25) is 14.5 Å². The van der Waals surface area contributed by atoms with E-state index in [4.69, 9.17) is 9.47 Å². The van der Waals surface area contributed by atoms with Crippen LogP contribution in [-0.4, -0.2) is 43.0 Å². The normalized spacial score (nSPS) is 13.0. The van der Waals surface area contributed by atoms with Crippen molar-refractivity contribution >= 4 is 39.9 Å². The molecule has 2 aromatic heterocycles. The molecular formula is C16H15N3O5S. The Morgan fingerprint density at radius 3 is 3.04 bits per heavy atom. The fourth-order valence-corrected chi connectivity index (χ4v) is 3.29. The van der Waals surface area contributed by atoms with Crippen molar-refractivity contribution in [3.8, 4) is 5.75 Å². The first-order chi connectivity index (χ1) is 12.0. The summed E-state index contributed by atoms with van der Waals surface area (Å²) in [6.07, 6.45) is 1.52. The number of nitrogens with one attached hydrogen (secondary N) is 1. The third-order valence-corrected chi connectivity index (χ3v) is 4.44. The van der Waals surface area contributed by atoms with Gasteiger partial charge in [0.2, 0.25) is 5.91 Å². The van der Waals surface area contributed by atoms with Crippen molar-refractivity contribution in [2.24, 2.45) is 0 Å². The Morgan fingerprint density at radius 2 is 2.28 bits per heavy atom. The van der Waals surface area contributed by atoms with Crippen LogP contribution in [0.3, 0.4) is 0 Å². The lowest BCUT2D eigenvalue weighted by molar-refractivity contribution is -0.123. The van der Waals surface area contributed by atoms with E-state index in [1.165, 1.54) is 29.5 Å². The van der Waals surface area contributed by atoms with Crippen LogP contribution in [0.25, 0.3) is 0 Å². The summed E-state index contributed by atoms with van der Waals surface area (Å²) in [5.41, 5.74) is 0.283. The van der Waals surface area contributed by atoms with E-state index in [1.807, 2.05) is 6.92 Å². The molecule has 1 N–H and O–H groups in total. The Morgan fingerprint density at radius 1 is 1.48 bits per heavy atom. The lowest BCUT2D eigenvalue weighted by Crippen LogP contribution is -2.44. The van der Waals surface area contributed by atoms with Crippen molar-refractivity contribution in [3.05, 3.63) is 34.8 Å². The fourth-order valence-electron chi connectivity index (χ4n) is 2.37. The monoisotopic (exact) mass is 361 g/mol. The molecule has 3 heterocycles. The van der Waals surface area contributed by atoms with Crippen LogP contribution in [0.5, 0.6) is 5.75 Å². The second-order valence-electron chi connectivity index (χ2n) is 5.23. The van der Waals surface area contributed by atoms with E-state index in [2.05, 4.69) is 10.3 Å². The van der Waals surface area contributed by atoms with Gasteiger partial charge in [0.05, 0.1) is 12.7 Å². The minimum Gasteiger partial charge on any atom is -0.480 e. The average molecular weight is 361 g/mol. The van der Waals surface area contributed by atoms with Crippen LogP contribution in [0.15, 0.2) is 24.4 Å². The van der Waals surface area contributed by atoms with E-state index >= 15 is 0 Å². The lowest BCUT2D eigenvalue weighted by atomic mass is 10.3. The number of aromatic nitrogens is 1. The number of anilines is 2. The summed E-state index contributed by atoms with van der Waals surface area (Å²) >= 11 is 1.26. The van der Waals surface area contributed by atoms with Gasteiger partial charge in [0.1, 0.15) is 11.5 Å². The number of rotatable bonds is 4. The molecule has 0 aliphatic carbocycles. The number of fused-ring (bicyclic) bond motifs is 1. The molecule has 0 spiro atoms. The van der Waals surface area contributed by atoms with Crippen LogP contribution in [0.4, 0.5) is 10.8 Å². The first kappa shape index (κ1) is 16.9. The Bertz CT molecular complexity index is 848. The third kappa shape index (κ3) is 3.45. The molecule has 9 heteroatoms. The molecule has 1 aliphatic rings. The first-order valence-electron chi connectivity index (χ1n) is 7.36. The largest absolute Gasteiger partial charge is 0.480 e. The summed E-state index contributed by atoms with van der Waals surface area (Å²) in [7, 11) is 1.27. The van der Waals surface area contributed by atoms with E-state index in [0.717, 1.165) is 4.88 Å². The van der Waals surface area contributed by atoms with Gasteiger partial charge >= 0.3 is 5.97 Å². The maximum absolute atomic E-state index is 12.4. The zero-order valence-electron chi connectivity index (χ0n) is 13.6. The smallest absolute Gasteiger partial charge is 0.340 e. The predicted molar refractivity (Wildman–Crippen MR) is 91.1 cm³/mol. The summed E-state index contributed by atoms with van der Waals surface area (Å²) in [5.74, 6) is -0.605. The summed E-state index contributed by atoms with van der Waals surface area (Å²) in [6, 6.07) is 5.00. The second-order valence-corrected chi connectivity index (χ2v) is 6.49. The van der Waals surface area contributed by atoms with Gasteiger partial charge in [-0.15, -0.1) is 11.3 Å². The van der Waals surface area contributed by atoms with Gasteiger partial charge in [-0.05, 0) is 25.1 Å². The molecule has 2 aromatic rings. The molecule has 0 radical (unpaired) electrons. The van der Waals surface area contributed by atoms with Gasteiger partial charge in [0.15, 0.2) is 18.2 Å². The topological polar surface area (TPSA) is 97.8 Å². The number of hydrogen-bond donors (Lipinski definition) is 1. The molecule has 8 nitrogen and oxygen atoms in total. The number of thiophene rings is 1. The molecule has 130 valence electrons. The first-order valence-corrected chi connectivity index (χ1v) is 8.18. The molecule has 2 amide bonds. The quantitative estimate of drug-likeness (QED) is 0.831. The van der Waals surface area contributed by atoms with Crippen LogP contribution in [0, 0.1) is 6.92 Å². The highest BCUT2D eigenvalue weighted by Gasteiger charge is 2.29. The number of esters is 1. The van der Waals surface area contributed by atoms with E-state index in [9.17, 15) is 14.4 Å². The third-order valence-electron chi connectivity index (χ3n) is 3.47. The Hall–Kier alpha value is -2.94. The van der Waals surface area contributed by atoms with E-state index in [-0.39, 0.29) is 24.6 Å². The van der Waals surface area contributed by atoms with E-state index in [0.29, 0.717) is 16.6 Å². The second kappa shape index (κ2) is 6.89. The van der Waals surface area contributed by atoms with Crippen LogP contribution in [0.2, 0.25) is 0 Å². The maximum atomic E-state index is 12.4. The fraction of sp³-hybridized carbons (Fsp3) is 0.250. The lowest BCUT2D eigenvalue weighted by Gasteiger charge is -2.27. The molecule has 0 fully saturated rings. The highest BCUT2D eigenvalue weighted by Crippen LogP contribution is 2.30. The molecule has 0 bridgehead atoms. The van der Waals surface area contributed by atoms with Crippen LogP contribution in [-0.2, 0) is 14.3 Å². The Labute approximate surface area is 147 Å². The van der Waals surface area contributed by atoms with E-state index < -0.39 is 11.9 Å². The van der Waals surface area contributed by atoms with Gasteiger partial charge in [-0.25, -0.2) is 9.78 Å². The Kier molecular flexibility index (Phi) is 4.66. The summed E-state index contributed by atoms with van der Waals surface area (Å²) in [6.45, 7) is 1.43. The molecule has 1 aliphatic heterocycles. The van der Waals surface area contributed by atoms with Gasteiger partial charge in [-0.1, -0.05) is 0 Å². The van der Waals surface area contributed by atoms with Gasteiger partial charge in [-0.2, -0.15) is 0 Å². The van der Waals surface area contributed by atoms with Crippen molar-refractivity contribution in [1.29, 1.82) is 0 Å². The summed E-state index contributed by atoms with van der Waals surface area (Å²) in [5, 5.41) is 3.05. The number of ether oxygens (including phenoxy) is 2. The number of carbonyl (C=O) groups is 3. The van der Waals surface area contributed by atoms with Crippen molar-refractivity contribution in [3.63, 3.8) is 0 Å². The molecule has 0 saturated heterocycles. The number of hydrogen-bond acceptors (Lipinski definition) is 7. The van der Waals surface area contributed by atoms with Crippen molar-refractivity contribution in [1.82, 2.24) is 4.98 Å². The molecular weight excluding hydrogens is 346 g/mol. The zero-order valence-corrected chi connectivity index (χ0v) is 14.4. The summed E-state index contributed by atoms with van der Waals surface area (Å²) in [4.78, 5) is 42.5. The van der Waals surface area contributed by atoms with Crippen molar-refractivity contribution in [2.45, 2.75) is 6.92 Å². The van der Waals surface area contributed by atoms with Crippen LogP contribution in [0.1, 0.15) is 15.2 Å². The predicted octanol–water partition coefficient (Wildman–Crippen LogP) is 1.60. The molecule has 0 unspecified atom stereocenters. The molecule has 0 saturated carbocycles. The van der Waals surface area contributed by atoms with Crippen LogP contribution < -0.4 is 15.0 Å². The minimum absolute atomic E-state index is 0.155. The van der Waals surface area contributed by atoms with E-state index in [1.54, 1.807) is 18.2 Å². The minimum atomic E-state index is -0.533. The van der Waals surface area contributed by atoms with Gasteiger partial charge in [0, 0.05) is 11.1 Å².